The summed E-state index contributed by atoms with van der Waals surface area (Å²) in [4.78, 5) is 0. The van der Waals surface area contributed by atoms with E-state index in [0.717, 1.165) is 0 Å². The number of nitriles is 3. The average molecular weight is 345 g/mol. The van der Waals surface area contributed by atoms with Crippen LogP contribution in [0.3, 0.4) is 0 Å². The molecule has 1 atom stereocenters. The van der Waals surface area contributed by atoms with Gasteiger partial charge in [-0.05, 0) is 12.1 Å². The Morgan fingerprint density at radius 2 is 2.00 bits per heavy atom. The van der Waals surface area contributed by atoms with E-state index in [1.54, 1.807) is 12.1 Å². The van der Waals surface area contributed by atoms with Crippen LogP contribution in [-0.4, -0.2) is 7.11 Å². The quantitative estimate of drug-likeness (QED) is 0.879. The number of nitrogens with two attached hydrogens (primary N) is 1. The van der Waals surface area contributed by atoms with Gasteiger partial charge in [-0.3, -0.25) is 0 Å². The van der Waals surface area contributed by atoms with E-state index in [2.05, 4.69) is 15.9 Å². The fourth-order valence-corrected chi connectivity index (χ4v) is 2.66. The van der Waals surface area contributed by atoms with Crippen molar-refractivity contribution in [3.05, 3.63) is 33.6 Å². The molecule has 21 heavy (non-hydrogen) atoms. The zero-order chi connectivity index (χ0) is 15.6. The molecular weight excluding hydrogens is 336 g/mol. The summed E-state index contributed by atoms with van der Waals surface area (Å²) >= 11 is 3.33. The van der Waals surface area contributed by atoms with Crippen LogP contribution < -0.4 is 15.2 Å². The second kappa shape index (κ2) is 5.75. The second-order valence-corrected chi connectivity index (χ2v) is 5.15. The molecule has 7 heteroatoms. The van der Waals surface area contributed by atoms with Crippen molar-refractivity contribution in [2.75, 3.05) is 7.11 Å². The third-order valence-corrected chi connectivity index (χ3v) is 3.58. The topological polar surface area (TPSA) is 116 Å². The molecule has 0 fully saturated rings. The lowest BCUT2D eigenvalue weighted by Gasteiger charge is -2.27. The van der Waals surface area contributed by atoms with E-state index in [1.165, 1.54) is 7.11 Å². The van der Waals surface area contributed by atoms with Gasteiger partial charge in [-0.2, -0.15) is 15.8 Å². The molecule has 1 heterocycles. The van der Waals surface area contributed by atoms with E-state index in [9.17, 15) is 15.8 Å². The molecule has 0 bridgehead atoms. The van der Waals surface area contributed by atoms with E-state index in [1.807, 2.05) is 18.2 Å². The summed E-state index contributed by atoms with van der Waals surface area (Å²) in [7, 11) is 1.46. The molecule has 1 aromatic rings. The van der Waals surface area contributed by atoms with Gasteiger partial charge in [-0.25, -0.2) is 0 Å². The van der Waals surface area contributed by atoms with Crippen LogP contribution in [0, 0.1) is 39.9 Å². The number of hydrogen-bond acceptors (Lipinski definition) is 6. The first kappa shape index (κ1) is 14.7. The summed E-state index contributed by atoms with van der Waals surface area (Å²) in [5, 5.41) is 27.6. The van der Waals surface area contributed by atoms with Crippen LogP contribution in [0.4, 0.5) is 0 Å². The molecule has 0 amide bonds. The summed E-state index contributed by atoms with van der Waals surface area (Å²) in [5.41, 5.74) is 6.33. The number of hydrogen-bond donors (Lipinski definition) is 1. The fourth-order valence-electron chi connectivity index (χ4n) is 2.20. The van der Waals surface area contributed by atoms with Crippen molar-refractivity contribution in [1.29, 1.82) is 15.8 Å². The Balaban J connectivity index is 2.76. The minimum absolute atomic E-state index is 0.0655. The predicted octanol–water partition coefficient (Wildman–Crippen LogP) is 2.29. The lowest BCUT2D eigenvalue weighted by molar-refractivity contribution is 0.338. The van der Waals surface area contributed by atoms with E-state index in [4.69, 9.17) is 15.2 Å². The minimum Gasteiger partial charge on any atom is -0.493 e. The van der Waals surface area contributed by atoms with Crippen LogP contribution in [0.15, 0.2) is 28.1 Å². The van der Waals surface area contributed by atoms with Crippen molar-refractivity contribution in [1.82, 2.24) is 0 Å². The van der Waals surface area contributed by atoms with Gasteiger partial charge in [0, 0.05) is 10.0 Å². The van der Waals surface area contributed by atoms with Gasteiger partial charge in [-0.15, -0.1) is 0 Å². The zero-order valence-electron chi connectivity index (χ0n) is 10.9. The van der Waals surface area contributed by atoms with E-state index < -0.39 is 11.8 Å². The zero-order valence-corrected chi connectivity index (χ0v) is 12.5. The summed E-state index contributed by atoms with van der Waals surface area (Å²) in [6.45, 7) is 0. The molecule has 0 aromatic heterocycles. The molecule has 1 aliphatic heterocycles. The first-order valence-electron chi connectivity index (χ1n) is 5.81. The molecule has 2 rings (SSSR count). The largest absolute Gasteiger partial charge is 0.493 e. The number of methoxy groups -OCH3 is 1. The molecule has 1 unspecified atom stereocenters. The van der Waals surface area contributed by atoms with Gasteiger partial charge < -0.3 is 15.2 Å². The van der Waals surface area contributed by atoms with Crippen molar-refractivity contribution < 1.29 is 9.47 Å². The molecule has 0 spiro atoms. The minimum atomic E-state index is -1.06. The fraction of sp³-hybridized carbons (Fsp3) is 0.214. The van der Waals surface area contributed by atoms with E-state index >= 15 is 0 Å². The number of rotatable bonds is 2. The van der Waals surface area contributed by atoms with Crippen LogP contribution in [-0.2, 0) is 0 Å². The highest BCUT2D eigenvalue weighted by molar-refractivity contribution is 9.10. The van der Waals surface area contributed by atoms with Crippen molar-refractivity contribution in [2.45, 2.75) is 5.92 Å². The smallest absolute Gasteiger partial charge is 0.205 e. The second-order valence-electron chi connectivity index (χ2n) is 4.23. The van der Waals surface area contributed by atoms with Gasteiger partial charge in [0.05, 0.1) is 30.7 Å². The first-order valence-corrected chi connectivity index (χ1v) is 6.60. The molecule has 0 aliphatic carbocycles. The summed E-state index contributed by atoms with van der Waals surface area (Å²) in [5.74, 6) is -1.23. The Hall–Kier alpha value is -2.69. The maximum atomic E-state index is 9.26. The van der Waals surface area contributed by atoms with Crippen molar-refractivity contribution >= 4 is 15.9 Å². The number of ether oxygens (including phenoxy) is 2. The summed E-state index contributed by atoms with van der Waals surface area (Å²) in [6, 6.07) is 9.07. The lowest BCUT2D eigenvalue weighted by atomic mass is 9.80. The van der Waals surface area contributed by atoms with Crippen molar-refractivity contribution in [2.24, 2.45) is 11.7 Å². The molecule has 6 nitrogen and oxygen atoms in total. The lowest BCUT2D eigenvalue weighted by Crippen LogP contribution is -2.24. The molecule has 1 aromatic carbocycles. The Morgan fingerprint density at radius 3 is 2.52 bits per heavy atom. The van der Waals surface area contributed by atoms with Gasteiger partial charge in [0.15, 0.2) is 11.5 Å². The number of allylic oxidation sites excluding steroid dienone is 1. The van der Waals surface area contributed by atoms with Gasteiger partial charge in [0.25, 0.3) is 0 Å². The third-order valence-electron chi connectivity index (χ3n) is 3.12. The molecule has 1 aliphatic rings. The van der Waals surface area contributed by atoms with Gasteiger partial charge >= 0.3 is 0 Å². The highest BCUT2D eigenvalue weighted by atomic mass is 79.9. The van der Waals surface area contributed by atoms with Gasteiger partial charge in [0.2, 0.25) is 5.88 Å². The SMILES string of the molecule is COc1cc(Br)cc2c1OC(N)=C(C#N)C2C(C#N)C#N. The number of halogens is 1. The Morgan fingerprint density at radius 1 is 1.33 bits per heavy atom. The molecule has 0 radical (unpaired) electrons. The van der Waals surface area contributed by atoms with Gasteiger partial charge in [-0.1, -0.05) is 15.9 Å². The number of nitrogens with zero attached hydrogens (tertiary/aromatic N) is 3. The number of benzene rings is 1. The third kappa shape index (κ3) is 2.38. The Labute approximate surface area is 129 Å². The normalized spacial score (nSPS) is 16.3. The monoisotopic (exact) mass is 344 g/mol. The molecule has 2 N–H and O–H groups in total. The van der Waals surface area contributed by atoms with Gasteiger partial charge in [0.1, 0.15) is 12.0 Å². The first-order chi connectivity index (χ1) is 10.1. The predicted molar refractivity (Wildman–Crippen MR) is 75.6 cm³/mol. The molecule has 104 valence electrons. The van der Waals surface area contributed by atoms with Crippen LogP contribution in [0.5, 0.6) is 11.5 Å². The molecular formula is C14H9BrN4O2. The number of fused-ring (bicyclic) bond motifs is 1. The maximum Gasteiger partial charge on any atom is 0.205 e. The van der Waals surface area contributed by atoms with Crippen LogP contribution >= 0.6 is 15.9 Å². The summed E-state index contributed by atoms with van der Waals surface area (Å²) < 4.78 is 11.4. The average Bonchev–Trinajstić information content (AvgIpc) is 2.48. The molecule has 0 saturated heterocycles. The van der Waals surface area contributed by atoms with Crippen molar-refractivity contribution in [3.63, 3.8) is 0 Å². The molecule has 0 saturated carbocycles. The Kier molecular flexibility index (Phi) is 4.03. The Bertz CT molecular complexity index is 738. The summed E-state index contributed by atoms with van der Waals surface area (Å²) in [6.07, 6.45) is 0. The highest BCUT2D eigenvalue weighted by Gasteiger charge is 2.37. The standard InChI is InChI=1S/C14H9BrN4O2/c1-20-11-3-8(15)2-9-12(7(4-16)5-17)10(6-18)14(19)21-13(9)11/h2-3,7,12H,19H2,1H3. The highest BCUT2D eigenvalue weighted by Crippen LogP contribution is 2.47. The maximum absolute atomic E-state index is 9.26. The van der Waals surface area contributed by atoms with Crippen LogP contribution in [0.25, 0.3) is 0 Å². The van der Waals surface area contributed by atoms with Crippen LogP contribution in [0.2, 0.25) is 0 Å². The van der Waals surface area contributed by atoms with E-state index in [0.29, 0.717) is 21.5 Å². The van der Waals surface area contributed by atoms with E-state index in [-0.39, 0.29) is 11.5 Å². The van der Waals surface area contributed by atoms with Crippen molar-refractivity contribution in [3.8, 4) is 29.7 Å². The van der Waals surface area contributed by atoms with Crippen LogP contribution in [0.1, 0.15) is 11.5 Å².